The Balaban J connectivity index is 1.79. The summed E-state index contributed by atoms with van der Waals surface area (Å²) >= 11 is 12.4. The molecular formula is C27H27Cl2N5O4S. The molecule has 0 bridgehead atoms. The Morgan fingerprint density at radius 3 is 2.44 bits per heavy atom. The van der Waals surface area contributed by atoms with E-state index in [0.29, 0.717) is 34.3 Å². The number of benzene rings is 3. The first-order valence-corrected chi connectivity index (χ1v) is 14.4. The number of aryl methyl sites for hydroxylation is 2. The summed E-state index contributed by atoms with van der Waals surface area (Å²) < 4.78 is 36.7. The second-order valence-corrected chi connectivity index (χ2v) is 11.5. The zero-order valence-electron chi connectivity index (χ0n) is 21.4. The van der Waals surface area contributed by atoms with Crippen LogP contribution in [0.4, 0.5) is 5.69 Å². The van der Waals surface area contributed by atoms with Crippen LogP contribution in [0, 0.1) is 0 Å². The lowest BCUT2D eigenvalue weighted by atomic mass is 9.97. The second-order valence-electron chi connectivity index (χ2n) is 8.86. The maximum absolute atomic E-state index is 14.2. The van der Waals surface area contributed by atoms with Crippen molar-refractivity contribution in [3.05, 3.63) is 99.8 Å². The average Bonchev–Trinajstić information content (AvgIpc) is 3.42. The maximum Gasteiger partial charge on any atom is 0.302 e. The molecule has 0 N–H and O–H groups in total. The van der Waals surface area contributed by atoms with E-state index in [1.165, 1.54) is 35.5 Å². The number of rotatable bonds is 11. The van der Waals surface area contributed by atoms with E-state index in [1.807, 2.05) is 31.2 Å². The van der Waals surface area contributed by atoms with Crippen molar-refractivity contribution in [1.29, 1.82) is 0 Å². The van der Waals surface area contributed by atoms with Crippen LogP contribution in [0.5, 0.6) is 0 Å². The number of hydrogen-bond acceptors (Lipinski definition) is 7. The third kappa shape index (κ3) is 6.95. The normalized spacial score (nSPS) is 12.2. The van der Waals surface area contributed by atoms with Gasteiger partial charge in [-0.3, -0.25) is 9.10 Å². The van der Waals surface area contributed by atoms with Gasteiger partial charge in [0.1, 0.15) is 12.9 Å². The van der Waals surface area contributed by atoms with Crippen LogP contribution in [0.25, 0.3) is 0 Å². The van der Waals surface area contributed by atoms with E-state index in [0.717, 1.165) is 17.5 Å². The summed E-state index contributed by atoms with van der Waals surface area (Å²) in [6.45, 7) is 3.62. The molecule has 4 aromatic rings. The van der Waals surface area contributed by atoms with Gasteiger partial charge in [0.2, 0.25) is 0 Å². The van der Waals surface area contributed by atoms with Gasteiger partial charge in [-0.05, 0) is 77.7 Å². The molecule has 0 saturated carbocycles. The number of sulfonamides is 1. The van der Waals surface area contributed by atoms with Crippen LogP contribution in [0.3, 0.4) is 0 Å². The molecule has 0 fully saturated rings. The zero-order valence-corrected chi connectivity index (χ0v) is 23.7. The molecule has 39 heavy (non-hydrogen) atoms. The average molecular weight is 589 g/mol. The van der Waals surface area contributed by atoms with Crippen LogP contribution in [-0.4, -0.2) is 34.6 Å². The smallest absolute Gasteiger partial charge is 0.302 e. The first-order valence-electron chi connectivity index (χ1n) is 12.2. The lowest BCUT2D eigenvalue weighted by Crippen LogP contribution is -2.35. The molecule has 0 aliphatic rings. The lowest BCUT2D eigenvalue weighted by Gasteiger charge is -2.33. The summed E-state index contributed by atoms with van der Waals surface area (Å²) in [5, 5.41) is 12.0. The van der Waals surface area contributed by atoms with Gasteiger partial charge in [-0.25, -0.2) is 13.1 Å². The second kappa shape index (κ2) is 12.6. The Morgan fingerprint density at radius 1 is 1.03 bits per heavy atom. The van der Waals surface area contributed by atoms with E-state index >= 15 is 0 Å². The fraction of sp³-hybridized carbons (Fsp3) is 0.259. The Hall–Kier alpha value is -3.47. The SMILES string of the molecule is CC(=O)OCc1ccc(Cl)cc1N([C@H](C)c1ccccc1CCCn1cnnn1)S(=O)(=O)c1ccc(Cl)cc1. The summed E-state index contributed by atoms with van der Waals surface area (Å²) in [6.07, 6.45) is 2.97. The van der Waals surface area contributed by atoms with Crippen LogP contribution in [0.2, 0.25) is 10.0 Å². The van der Waals surface area contributed by atoms with E-state index in [2.05, 4.69) is 15.5 Å². The minimum absolute atomic E-state index is 0.0633. The third-order valence-electron chi connectivity index (χ3n) is 6.17. The molecule has 204 valence electrons. The van der Waals surface area contributed by atoms with Crippen molar-refractivity contribution in [3.8, 4) is 0 Å². The largest absolute Gasteiger partial charge is 0.461 e. The Kier molecular flexibility index (Phi) is 9.21. The van der Waals surface area contributed by atoms with Gasteiger partial charge in [-0.2, -0.15) is 0 Å². The van der Waals surface area contributed by atoms with Crippen molar-refractivity contribution >= 4 is 44.9 Å². The van der Waals surface area contributed by atoms with Crippen LogP contribution >= 0.6 is 23.2 Å². The quantitative estimate of drug-likeness (QED) is 0.209. The third-order valence-corrected chi connectivity index (χ3v) is 8.55. The van der Waals surface area contributed by atoms with E-state index in [1.54, 1.807) is 29.2 Å². The number of anilines is 1. The van der Waals surface area contributed by atoms with Crippen molar-refractivity contribution in [2.24, 2.45) is 0 Å². The predicted octanol–water partition coefficient (Wildman–Crippen LogP) is 5.63. The first kappa shape index (κ1) is 28.5. The van der Waals surface area contributed by atoms with E-state index in [-0.39, 0.29) is 11.5 Å². The van der Waals surface area contributed by atoms with E-state index in [9.17, 15) is 13.2 Å². The highest BCUT2D eigenvalue weighted by Gasteiger charge is 2.33. The Morgan fingerprint density at radius 2 is 1.74 bits per heavy atom. The summed E-state index contributed by atoms with van der Waals surface area (Å²) in [5.74, 6) is -0.482. The number of halogens is 2. The number of carbonyl (C=O) groups is 1. The zero-order chi connectivity index (χ0) is 28.0. The van der Waals surface area contributed by atoms with Crippen LogP contribution < -0.4 is 4.31 Å². The van der Waals surface area contributed by atoms with E-state index < -0.39 is 22.0 Å². The van der Waals surface area contributed by atoms with Crippen molar-refractivity contribution in [1.82, 2.24) is 20.2 Å². The van der Waals surface area contributed by atoms with E-state index in [4.69, 9.17) is 27.9 Å². The molecule has 0 saturated heterocycles. The Labute approximate surface area is 237 Å². The van der Waals surface area contributed by atoms with Gasteiger partial charge < -0.3 is 4.74 Å². The molecule has 9 nitrogen and oxygen atoms in total. The summed E-state index contributed by atoms with van der Waals surface area (Å²) in [7, 11) is -4.12. The summed E-state index contributed by atoms with van der Waals surface area (Å²) in [6, 6.07) is 17.9. The van der Waals surface area contributed by atoms with Gasteiger partial charge in [0.15, 0.2) is 0 Å². The van der Waals surface area contributed by atoms with Crippen LogP contribution in [0.15, 0.2) is 78.0 Å². The highest BCUT2D eigenvalue weighted by molar-refractivity contribution is 7.92. The molecule has 12 heteroatoms. The van der Waals surface area contributed by atoms with Crippen molar-refractivity contribution < 1.29 is 17.9 Å². The van der Waals surface area contributed by atoms with Crippen molar-refractivity contribution in [2.45, 2.75) is 50.8 Å². The van der Waals surface area contributed by atoms with Crippen molar-refractivity contribution in [3.63, 3.8) is 0 Å². The number of ether oxygens (including phenoxy) is 1. The maximum atomic E-state index is 14.2. The molecule has 0 aliphatic carbocycles. The predicted molar refractivity (Wildman–Crippen MR) is 149 cm³/mol. The number of esters is 1. The minimum atomic E-state index is -4.12. The fourth-order valence-electron chi connectivity index (χ4n) is 4.32. The van der Waals surface area contributed by atoms with Gasteiger partial charge in [-0.15, -0.1) is 5.10 Å². The number of aromatic nitrogens is 4. The molecule has 1 heterocycles. The first-order chi connectivity index (χ1) is 18.7. The molecule has 0 unspecified atom stereocenters. The topological polar surface area (TPSA) is 107 Å². The standard InChI is InChI=1S/C27H27Cl2N5O4S/c1-19(26-8-4-3-6-21(26)7-5-15-33-18-30-31-32-33)34(39(36,37)25-13-11-23(28)12-14-25)27-16-24(29)10-9-22(27)17-38-20(2)35/h3-4,6,8-14,16,18-19H,5,7,15,17H2,1-2H3/t19-/m1/s1. The number of nitrogens with zero attached hydrogens (tertiary/aromatic N) is 5. The molecule has 1 aromatic heterocycles. The molecule has 3 aromatic carbocycles. The Bertz CT molecular complexity index is 1530. The van der Waals surface area contributed by atoms with Crippen LogP contribution in [0.1, 0.15) is 43.0 Å². The van der Waals surface area contributed by atoms with Gasteiger partial charge >= 0.3 is 5.97 Å². The van der Waals surface area contributed by atoms with Gasteiger partial charge in [0.25, 0.3) is 10.0 Å². The summed E-state index contributed by atoms with van der Waals surface area (Å²) in [5.41, 5.74) is 2.62. The number of carbonyl (C=O) groups excluding carboxylic acids is 1. The van der Waals surface area contributed by atoms with Gasteiger partial charge in [-0.1, -0.05) is 53.5 Å². The molecule has 0 radical (unpaired) electrons. The lowest BCUT2D eigenvalue weighted by molar-refractivity contribution is -0.142. The number of hydrogen-bond donors (Lipinski definition) is 0. The molecule has 1 atom stereocenters. The highest BCUT2D eigenvalue weighted by atomic mass is 35.5. The monoisotopic (exact) mass is 587 g/mol. The molecule has 0 spiro atoms. The molecule has 4 rings (SSSR count). The van der Waals surface area contributed by atoms with Crippen LogP contribution in [-0.2, 0) is 39.1 Å². The molecule has 0 amide bonds. The highest BCUT2D eigenvalue weighted by Crippen LogP contribution is 2.38. The fourth-order valence-corrected chi connectivity index (χ4v) is 6.28. The number of tetrazole rings is 1. The summed E-state index contributed by atoms with van der Waals surface area (Å²) in [4.78, 5) is 11.7. The van der Waals surface area contributed by atoms with Crippen molar-refractivity contribution in [2.75, 3.05) is 4.31 Å². The van der Waals surface area contributed by atoms with Gasteiger partial charge in [0.05, 0.1) is 16.6 Å². The molecular weight excluding hydrogens is 561 g/mol. The van der Waals surface area contributed by atoms with Gasteiger partial charge in [0, 0.05) is 29.1 Å². The molecule has 0 aliphatic heterocycles. The minimum Gasteiger partial charge on any atom is -0.461 e.